The molecule has 5 nitrogen and oxygen atoms in total. The van der Waals surface area contributed by atoms with E-state index in [-0.39, 0.29) is 49.8 Å². The van der Waals surface area contributed by atoms with E-state index in [0.717, 1.165) is 0 Å². The predicted molar refractivity (Wildman–Crippen MR) is 130 cm³/mol. The van der Waals surface area contributed by atoms with Crippen LogP contribution in [0.25, 0.3) is 0 Å². The molecule has 0 saturated carbocycles. The zero-order valence-corrected chi connectivity index (χ0v) is 20.8. The number of hydrogen-bond acceptors (Lipinski definition) is 4. The van der Waals surface area contributed by atoms with Crippen LogP contribution in [0, 0.1) is 6.92 Å². The van der Waals surface area contributed by atoms with Gasteiger partial charge in [-0.25, -0.2) is 0 Å². The van der Waals surface area contributed by atoms with Crippen molar-refractivity contribution in [2.45, 2.75) is 31.0 Å². The lowest BCUT2D eigenvalue weighted by molar-refractivity contribution is -0.183. The Labute approximate surface area is 210 Å². The van der Waals surface area contributed by atoms with E-state index in [2.05, 4.69) is 10.3 Å². The zero-order chi connectivity index (χ0) is 25.1. The highest BCUT2D eigenvalue weighted by Gasteiger charge is 2.58. The number of benzene rings is 2. The fraction of sp³-hybridized carbons (Fsp3) is 0.364. The SMILES string of the molecule is Cc1cc(C2=NCC(c3cc(Cl)c(Cl)c(Cl)c3)(C(F)(F)F)C2)ccc1C(=O)NC1CS(O)(O)C1. The first-order chi connectivity index (χ1) is 15.7. The molecular formula is C22H20Cl3F3N2O3S. The van der Waals surface area contributed by atoms with Crippen molar-refractivity contribution in [2.24, 2.45) is 4.99 Å². The normalized spacial score (nSPS) is 23.3. The molecule has 0 radical (unpaired) electrons. The summed E-state index contributed by atoms with van der Waals surface area (Å²) in [7, 11) is -2.59. The van der Waals surface area contributed by atoms with E-state index in [9.17, 15) is 27.1 Å². The predicted octanol–water partition coefficient (Wildman–Crippen LogP) is 6.51. The number of aliphatic imine (C=N–C) groups is 1. The van der Waals surface area contributed by atoms with Crippen molar-refractivity contribution in [3.63, 3.8) is 0 Å². The third-order valence-electron chi connectivity index (χ3n) is 6.16. The van der Waals surface area contributed by atoms with Crippen LogP contribution < -0.4 is 5.32 Å². The molecule has 1 unspecified atom stereocenters. The lowest BCUT2D eigenvalue weighted by Gasteiger charge is -2.47. The molecule has 3 N–H and O–H groups in total. The van der Waals surface area contributed by atoms with Crippen LogP contribution in [-0.2, 0) is 5.41 Å². The number of hydrogen-bond donors (Lipinski definition) is 3. The Morgan fingerprint density at radius 2 is 1.76 bits per heavy atom. The second kappa shape index (κ2) is 8.87. The fourth-order valence-corrected chi connectivity index (χ4v) is 6.19. The molecule has 1 fully saturated rings. The second-order valence-corrected chi connectivity index (χ2v) is 12.1. The Morgan fingerprint density at radius 3 is 2.29 bits per heavy atom. The topological polar surface area (TPSA) is 81.9 Å². The first kappa shape index (κ1) is 25.6. The van der Waals surface area contributed by atoms with Crippen LogP contribution in [0.3, 0.4) is 0 Å². The van der Waals surface area contributed by atoms with Crippen molar-refractivity contribution in [2.75, 3.05) is 18.1 Å². The summed E-state index contributed by atoms with van der Waals surface area (Å²) in [6.45, 7) is 1.15. The van der Waals surface area contributed by atoms with E-state index in [1.807, 2.05) is 0 Å². The lowest BCUT2D eigenvalue weighted by Crippen LogP contribution is -2.50. The van der Waals surface area contributed by atoms with Gasteiger partial charge in [-0.3, -0.25) is 18.9 Å². The van der Waals surface area contributed by atoms with Gasteiger partial charge >= 0.3 is 6.18 Å². The maximum Gasteiger partial charge on any atom is 0.400 e. The molecule has 2 aromatic rings. The van der Waals surface area contributed by atoms with E-state index >= 15 is 0 Å². The number of aryl methyl sites for hydroxylation is 1. The van der Waals surface area contributed by atoms with Crippen molar-refractivity contribution >= 4 is 57.0 Å². The fourth-order valence-electron chi connectivity index (χ4n) is 4.24. The van der Waals surface area contributed by atoms with E-state index in [1.54, 1.807) is 19.1 Å². The van der Waals surface area contributed by atoms with Gasteiger partial charge in [0.25, 0.3) is 5.91 Å². The van der Waals surface area contributed by atoms with Crippen LogP contribution in [0.15, 0.2) is 35.3 Å². The van der Waals surface area contributed by atoms with Gasteiger partial charge in [0.15, 0.2) is 0 Å². The molecular weight excluding hydrogens is 536 g/mol. The van der Waals surface area contributed by atoms with Gasteiger partial charge in [0.1, 0.15) is 5.41 Å². The number of amides is 1. The van der Waals surface area contributed by atoms with Gasteiger partial charge in [0.2, 0.25) is 0 Å². The van der Waals surface area contributed by atoms with Crippen LogP contribution in [0.2, 0.25) is 15.1 Å². The standard InChI is InChI=1S/C22H20Cl3F3N2O3S/c1-11-4-12(2-3-15(11)20(31)30-14-8-34(32,33)9-14)18-7-21(10-29-18,22(26,27)28)13-5-16(23)19(25)17(24)6-13/h2-6,14,32-33H,7-10H2,1H3,(H,30,31). The minimum Gasteiger partial charge on any atom is -0.346 e. The maximum absolute atomic E-state index is 14.3. The van der Waals surface area contributed by atoms with Gasteiger partial charge in [-0.05, 0) is 47.9 Å². The average Bonchev–Trinajstić information content (AvgIpc) is 3.17. The number of nitrogens with one attached hydrogen (secondary N) is 1. The monoisotopic (exact) mass is 554 g/mol. The highest BCUT2D eigenvalue weighted by Crippen LogP contribution is 2.50. The Balaban J connectivity index is 1.58. The van der Waals surface area contributed by atoms with E-state index in [4.69, 9.17) is 34.8 Å². The minimum absolute atomic E-state index is 0.0139. The number of carbonyl (C=O) groups excluding carboxylic acids is 1. The van der Waals surface area contributed by atoms with E-state index in [1.165, 1.54) is 18.2 Å². The summed E-state index contributed by atoms with van der Waals surface area (Å²) >= 11 is 17.9. The number of alkyl halides is 3. The van der Waals surface area contributed by atoms with E-state index in [0.29, 0.717) is 16.7 Å². The van der Waals surface area contributed by atoms with Crippen LogP contribution in [0.5, 0.6) is 0 Å². The molecule has 12 heteroatoms. The Morgan fingerprint density at radius 1 is 1.15 bits per heavy atom. The molecule has 34 heavy (non-hydrogen) atoms. The van der Waals surface area contributed by atoms with Crippen LogP contribution in [0.1, 0.15) is 33.5 Å². The van der Waals surface area contributed by atoms with Crippen LogP contribution in [0.4, 0.5) is 13.2 Å². The van der Waals surface area contributed by atoms with E-state index < -0.39 is 35.1 Å². The van der Waals surface area contributed by atoms with Gasteiger partial charge in [0, 0.05) is 17.7 Å². The molecule has 4 rings (SSSR count). The molecule has 184 valence electrons. The van der Waals surface area contributed by atoms with Crippen molar-refractivity contribution in [3.05, 3.63) is 67.7 Å². The highest BCUT2D eigenvalue weighted by molar-refractivity contribution is 8.25. The number of halogens is 6. The van der Waals surface area contributed by atoms with Gasteiger partial charge in [0.05, 0.1) is 39.2 Å². The molecule has 0 spiro atoms. The number of rotatable bonds is 4. The second-order valence-electron chi connectivity index (χ2n) is 8.61. The Hall–Kier alpha value is -1.49. The smallest absolute Gasteiger partial charge is 0.346 e. The molecule has 1 saturated heterocycles. The summed E-state index contributed by atoms with van der Waals surface area (Å²) in [6.07, 6.45) is -5.05. The van der Waals surface area contributed by atoms with Crippen LogP contribution >= 0.6 is 45.4 Å². The molecule has 2 aliphatic heterocycles. The number of nitrogens with zero attached hydrogens (tertiary/aromatic N) is 1. The first-order valence-corrected chi connectivity index (χ1v) is 13.1. The highest BCUT2D eigenvalue weighted by atomic mass is 35.5. The third-order valence-corrected chi connectivity index (χ3v) is 9.23. The summed E-state index contributed by atoms with van der Waals surface area (Å²) in [5.41, 5.74) is -0.781. The summed E-state index contributed by atoms with van der Waals surface area (Å²) in [6, 6.07) is 6.75. The van der Waals surface area contributed by atoms with Gasteiger partial charge in [-0.15, -0.1) is 0 Å². The first-order valence-electron chi connectivity index (χ1n) is 10.1. The van der Waals surface area contributed by atoms with Gasteiger partial charge in [-0.1, -0.05) is 40.9 Å². The van der Waals surface area contributed by atoms with Crippen molar-refractivity contribution in [1.82, 2.24) is 5.32 Å². The molecule has 2 heterocycles. The summed E-state index contributed by atoms with van der Waals surface area (Å²) < 4.78 is 62.0. The summed E-state index contributed by atoms with van der Waals surface area (Å²) in [4.78, 5) is 16.8. The average molecular weight is 556 g/mol. The molecule has 2 aliphatic rings. The summed E-state index contributed by atoms with van der Waals surface area (Å²) in [5, 5.41) is 2.58. The Bertz CT molecular complexity index is 1170. The quantitative estimate of drug-likeness (QED) is 0.376. The molecule has 1 atom stereocenters. The number of carbonyl (C=O) groups is 1. The third kappa shape index (κ3) is 4.66. The molecule has 0 bridgehead atoms. The van der Waals surface area contributed by atoms with Gasteiger partial charge < -0.3 is 5.32 Å². The maximum atomic E-state index is 14.3. The Kier molecular flexibility index (Phi) is 6.68. The van der Waals surface area contributed by atoms with Crippen molar-refractivity contribution in [3.8, 4) is 0 Å². The minimum atomic E-state index is -4.63. The van der Waals surface area contributed by atoms with Crippen molar-refractivity contribution in [1.29, 1.82) is 0 Å². The van der Waals surface area contributed by atoms with Gasteiger partial charge in [-0.2, -0.15) is 23.8 Å². The largest absolute Gasteiger partial charge is 0.400 e. The molecule has 0 aliphatic carbocycles. The summed E-state index contributed by atoms with van der Waals surface area (Å²) in [5.74, 6) is -0.150. The molecule has 1 amide bonds. The molecule has 0 aromatic heterocycles. The van der Waals surface area contributed by atoms with Crippen LogP contribution in [-0.4, -0.2) is 51.0 Å². The zero-order valence-electron chi connectivity index (χ0n) is 17.7. The van der Waals surface area contributed by atoms with Crippen molar-refractivity contribution < 1.29 is 27.1 Å². The lowest BCUT2D eigenvalue weighted by atomic mass is 9.76. The molecule has 2 aromatic carbocycles.